The smallest absolute Gasteiger partial charge is 0.264 e. The zero-order chi connectivity index (χ0) is 7.72. The van der Waals surface area contributed by atoms with Gasteiger partial charge in [-0.2, -0.15) is 0 Å². The van der Waals surface area contributed by atoms with Crippen molar-refractivity contribution in [1.82, 2.24) is 14.5 Å². The molecule has 0 saturated heterocycles. The summed E-state index contributed by atoms with van der Waals surface area (Å²) in [6.07, 6.45) is 0. The van der Waals surface area contributed by atoms with Crippen LogP contribution in [0.4, 0.5) is 0 Å². The third-order valence-corrected chi connectivity index (χ3v) is 1.85. The fourth-order valence-electron chi connectivity index (χ4n) is 0.332. The van der Waals surface area contributed by atoms with Gasteiger partial charge in [0.15, 0.2) is 5.15 Å². The molecule has 0 radical (unpaired) electrons. The predicted octanol–water partition coefficient (Wildman–Crippen LogP) is 0.947. The van der Waals surface area contributed by atoms with Gasteiger partial charge in [-0.15, -0.1) is 4.20 Å². The molecule has 1 aromatic heterocycles. The Morgan fingerprint density at radius 3 is 2.50 bits per heavy atom. The quantitative estimate of drug-likeness (QED) is 0.626. The summed E-state index contributed by atoms with van der Waals surface area (Å²) in [5, 5.41) is 5.82. The Labute approximate surface area is 70.4 Å². The van der Waals surface area contributed by atoms with Crippen molar-refractivity contribution in [1.29, 1.82) is 0 Å². The first-order valence-corrected chi connectivity index (χ1v) is 3.19. The van der Waals surface area contributed by atoms with Crippen molar-refractivity contribution in [3.05, 3.63) is 20.5 Å². The minimum absolute atomic E-state index is 0.136. The fourth-order valence-corrected chi connectivity index (χ4v) is 0.726. The van der Waals surface area contributed by atoms with Crippen LogP contribution in [-0.4, -0.2) is 14.5 Å². The molecule has 0 unspecified atom stereocenters. The monoisotopic (exact) mass is 199 g/mol. The largest absolute Gasteiger partial charge is 0.311 e. The van der Waals surface area contributed by atoms with Gasteiger partial charge < -0.3 is 0 Å². The number of aromatic nitrogens is 3. The highest BCUT2D eigenvalue weighted by Crippen LogP contribution is 2.15. The zero-order valence-electron chi connectivity index (χ0n) is 4.38. The van der Waals surface area contributed by atoms with E-state index in [-0.39, 0.29) is 10.2 Å². The predicted molar refractivity (Wildman–Crippen MR) is 37.6 cm³/mol. The van der Waals surface area contributed by atoms with Crippen molar-refractivity contribution in [3.63, 3.8) is 0 Å². The number of hydrogen-bond acceptors (Lipinski definition) is 3. The van der Waals surface area contributed by atoms with Crippen LogP contribution in [-0.2, 0) is 0 Å². The molecule has 0 fully saturated rings. The van der Waals surface area contributed by atoms with Crippen molar-refractivity contribution in [2.45, 2.75) is 0 Å². The highest BCUT2D eigenvalue weighted by Gasteiger charge is 2.06. The summed E-state index contributed by atoms with van der Waals surface area (Å²) in [6.45, 7) is 0. The van der Waals surface area contributed by atoms with E-state index in [1.54, 1.807) is 0 Å². The lowest BCUT2D eigenvalue weighted by molar-refractivity contribution is 0.790. The molecule has 0 bridgehead atoms. The van der Waals surface area contributed by atoms with E-state index in [9.17, 15) is 4.79 Å². The van der Waals surface area contributed by atoms with E-state index >= 15 is 0 Å². The third kappa shape index (κ3) is 1.23. The Balaban J connectivity index is 3.49. The molecular formula is C3Cl3N3O. The summed E-state index contributed by atoms with van der Waals surface area (Å²) in [6, 6.07) is 0. The number of hydrogen-bond donors (Lipinski definition) is 0. The van der Waals surface area contributed by atoms with Crippen molar-refractivity contribution in [3.8, 4) is 0 Å². The van der Waals surface area contributed by atoms with E-state index in [4.69, 9.17) is 35.0 Å². The Bertz CT molecular complexity index is 308. The molecule has 54 valence electrons. The Morgan fingerprint density at radius 2 is 2.00 bits per heavy atom. The maximum absolute atomic E-state index is 10.5. The maximum Gasteiger partial charge on any atom is 0.311 e. The van der Waals surface area contributed by atoms with E-state index in [0.29, 0.717) is 4.20 Å². The van der Waals surface area contributed by atoms with Crippen LogP contribution in [0.1, 0.15) is 0 Å². The van der Waals surface area contributed by atoms with Gasteiger partial charge in [-0.25, -0.2) is 0 Å². The summed E-state index contributed by atoms with van der Waals surface area (Å²) in [7, 11) is 0. The SMILES string of the molecule is O=c1nnn(Cl)c(Cl)c1Cl. The minimum Gasteiger partial charge on any atom is -0.264 e. The molecule has 7 heteroatoms. The minimum atomic E-state index is -0.691. The van der Waals surface area contributed by atoms with E-state index in [2.05, 4.69) is 10.3 Å². The lowest BCUT2D eigenvalue weighted by Gasteiger charge is -1.94. The second-order valence-corrected chi connectivity index (χ2v) is 2.42. The Morgan fingerprint density at radius 1 is 1.40 bits per heavy atom. The Kier molecular flexibility index (Phi) is 2.13. The van der Waals surface area contributed by atoms with E-state index in [1.807, 2.05) is 0 Å². The first kappa shape index (κ1) is 7.78. The number of rotatable bonds is 0. The van der Waals surface area contributed by atoms with Crippen LogP contribution in [0.25, 0.3) is 0 Å². The van der Waals surface area contributed by atoms with Gasteiger partial charge in [0.2, 0.25) is 0 Å². The second kappa shape index (κ2) is 2.74. The topological polar surface area (TPSA) is 47.8 Å². The van der Waals surface area contributed by atoms with Gasteiger partial charge in [0.25, 0.3) is 0 Å². The van der Waals surface area contributed by atoms with Crippen LogP contribution in [0.5, 0.6) is 0 Å². The molecule has 0 aliphatic carbocycles. The molecule has 0 N–H and O–H groups in total. The molecule has 1 rings (SSSR count). The molecular weight excluding hydrogens is 200 g/mol. The summed E-state index contributed by atoms with van der Waals surface area (Å²) < 4.78 is 0.686. The molecule has 1 heterocycles. The molecule has 1 aromatic rings. The molecule has 0 aromatic carbocycles. The van der Waals surface area contributed by atoms with E-state index < -0.39 is 5.56 Å². The average molecular weight is 200 g/mol. The van der Waals surface area contributed by atoms with Gasteiger partial charge in [-0.1, -0.05) is 28.3 Å². The summed E-state index contributed by atoms with van der Waals surface area (Å²) in [4.78, 5) is 10.5. The highest BCUT2D eigenvalue weighted by atomic mass is 35.5. The van der Waals surface area contributed by atoms with Crippen LogP contribution in [0.15, 0.2) is 4.79 Å². The zero-order valence-corrected chi connectivity index (χ0v) is 6.65. The highest BCUT2D eigenvalue weighted by molar-refractivity contribution is 6.42. The Hall–Kier alpha value is -0.320. The van der Waals surface area contributed by atoms with Crippen LogP contribution < -0.4 is 5.56 Å². The van der Waals surface area contributed by atoms with Gasteiger partial charge in [0.05, 0.1) is 0 Å². The van der Waals surface area contributed by atoms with Gasteiger partial charge in [-0.3, -0.25) is 4.79 Å². The standard InChI is InChI=1S/C3Cl3N3O/c4-1-2(5)9(6)8-7-3(1)10. The number of nitrogens with zero attached hydrogens (tertiary/aromatic N) is 3. The molecule has 0 spiro atoms. The van der Waals surface area contributed by atoms with Gasteiger partial charge in [0.1, 0.15) is 5.02 Å². The number of halogens is 3. The molecule has 10 heavy (non-hydrogen) atoms. The summed E-state index contributed by atoms with van der Waals surface area (Å²) in [5.41, 5.74) is -0.691. The molecule has 0 atom stereocenters. The first-order valence-electron chi connectivity index (χ1n) is 2.10. The van der Waals surface area contributed by atoms with Crippen LogP contribution in [0, 0.1) is 0 Å². The van der Waals surface area contributed by atoms with Crippen LogP contribution >= 0.6 is 35.0 Å². The van der Waals surface area contributed by atoms with E-state index in [1.165, 1.54) is 0 Å². The maximum atomic E-state index is 10.5. The molecule has 0 aliphatic heterocycles. The molecule has 4 nitrogen and oxygen atoms in total. The van der Waals surface area contributed by atoms with Crippen molar-refractivity contribution < 1.29 is 0 Å². The van der Waals surface area contributed by atoms with Gasteiger partial charge in [-0.05, 0) is 5.21 Å². The van der Waals surface area contributed by atoms with Crippen molar-refractivity contribution in [2.24, 2.45) is 0 Å². The first-order chi connectivity index (χ1) is 4.63. The van der Waals surface area contributed by atoms with Gasteiger partial charge in [0, 0.05) is 11.8 Å². The molecule has 0 aliphatic rings. The van der Waals surface area contributed by atoms with Crippen molar-refractivity contribution >= 4 is 35.0 Å². The lowest BCUT2D eigenvalue weighted by Crippen LogP contribution is -2.13. The normalized spacial score (nSPS) is 9.90. The molecule has 0 amide bonds. The van der Waals surface area contributed by atoms with Crippen LogP contribution in [0.3, 0.4) is 0 Å². The third-order valence-electron chi connectivity index (χ3n) is 0.745. The van der Waals surface area contributed by atoms with Crippen LogP contribution in [0.2, 0.25) is 10.2 Å². The van der Waals surface area contributed by atoms with Gasteiger partial charge >= 0.3 is 5.56 Å². The molecule has 0 saturated carbocycles. The summed E-state index contributed by atoms with van der Waals surface area (Å²) >= 11 is 16.0. The average Bonchev–Trinajstić information content (AvgIpc) is 1.93. The second-order valence-electron chi connectivity index (χ2n) is 1.36. The lowest BCUT2D eigenvalue weighted by atomic mass is 10.7. The van der Waals surface area contributed by atoms with Crippen molar-refractivity contribution in [2.75, 3.05) is 0 Å². The fraction of sp³-hybridized carbons (Fsp3) is 0. The van der Waals surface area contributed by atoms with E-state index in [0.717, 1.165) is 0 Å². The summed E-state index contributed by atoms with van der Waals surface area (Å²) in [5.74, 6) is 0.